The first-order valence-electron chi connectivity index (χ1n) is 5.93. The van der Waals surface area contributed by atoms with E-state index in [0.29, 0.717) is 0 Å². The fourth-order valence-electron chi connectivity index (χ4n) is 2.59. The molecule has 0 aromatic carbocycles. The quantitative estimate of drug-likeness (QED) is 0.581. The van der Waals surface area contributed by atoms with Crippen LogP contribution in [0.4, 0.5) is 0 Å². The van der Waals surface area contributed by atoms with Crippen LogP contribution in [0, 0.1) is 0 Å². The third-order valence-electron chi connectivity index (χ3n) is 2.98. The zero-order chi connectivity index (χ0) is 12.8. The van der Waals surface area contributed by atoms with E-state index >= 15 is 0 Å². The number of nitrogens with zero attached hydrogens (tertiary/aromatic N) is 1. The molecule has 0 N–H and O–H groups in total. The molecule has 0 heterocycles. The average Bonchev–Trinajstić information content (AvgIpc) is 2.51. The van der Waals surface area contributed by atoms with Crippen LogP contribution in [0.2, 0.25) is 18.6 Å². The van der Waals surface area contributed by atoms with E-state index in [9.17, 15) is 0 Å². The molecule has 1 rings (SSSR count). The van der Waals surface area contributed by atoms with Gasteiger partial charge in [-0.1, -0.05) is 73.3 Å². The van der Waals surface area contributed by atoms with Crippen molar-refractivity contribution in [3.05, 3.63) is 4.98 Å². The molecule has 1 aliphatic rings. The molecule has 0 radical (unpaired) electrons. The Morgan fingerprint density at radius 3 is 1.81 bits per heavy atom. The van der Waals surface area contributed by atoms with Gasteiger partial charge in [0.05, 0.1) is 0 Å². The summed E-state index contributed by atoms with van der Waals surface area (Å²) in [7, 11) is 8.50. The zero-order valence-corrected chi connectivity index (χ0v) is 15.2. The maximum absolute atomic E-state index is 5.06. The first-order chi connectivity index (χ1) is 7.23. The van der Waals surface area contributed by atoms with Crippen molar-refractivity contribution >= 4 is 26.8 Å². The van der Waals surface area contributed by atoms with Gasteiger partial charge in [-0.25, -0.2) is 0 Å². The van der Waals surface area contributed by atoms with E-state index in [1.54, 1.807) is 0 Å². The molecule has 0 aromatic rings. The summed E-state index contributed by atoms with van der Waals surface area (Å²) in [5, 5.41) is 0. The summed E-state index contributed by atoms with van der Waals surface area (Å²) in [5.41, 5.74) is 1.14. The summed E-state index contributed by atoms with van der Waals surface area (Å²) in [5.74, 6) is 0. The molecule has 0 spiro atoms. The van der Waals surface area contributed by atoms with Crippen molar-refractivity contribution in [3.8, 4) is 0 Å². The van der Waals surface area contributed by atoms with Crippen molar-refractivity contribution < 1.29 is 17.0 Å². The van der Waals surface area contributed by atoms with Gasteiger partial charge < -0.3 is 4.98 Å². The van der Waals surface area contributed by atoms with Crippen LogP contribution in [0.1, 0.15) is 46.5 Å². The molecule has 1 fully saturated rings. The summed E-state index contributed by atoms with van der Waals surface area (Å²) in [6, 6.07) is 0. The Balaban J connectivity index is 0.000000673. The number of hydrogen-bond donors (Lipinski definition) is 0. The Hall–Kier alpha value is 1.47. The Morgan fingerprint density at radius 2 is 1.50 bits per heavy atom. The standard InChI is InChI=1S/C11H24NSi.2ClH.Ti/c1-11(2,3)12-13(4,5)10-8-6-7-9-10;;;/h10H,6-9H2,1-5H3;2*1H;/q-1;;;+2/p-2. The monoisotopic (exact) mass is 316 g/mol. The normalized spacial score (nSPS) is 17.9. The minimum atomic E-state index is -1.28. The van der Waals surface area contributed by atoms with Gasteiger partial charge in [0.15, 0.2) is 0 Å². The molecule has 1 nitrogen and oxygen atoms in total. The second-order valence-corrected chi connectivity index (χ2v) is 12.9. The Morgan fingerprint density at radius 1 is 1.12 bits per heavy atom. The SMILES string of the molecule is CC(C)(C)[N-][Si](C)(C)C1CCCC1.[Cl][Ti][Cl]. The number of rotatable bonds is 2. The summed E-state index contributed by atoms with van der Waals surface area (Å²) >= 11 is -0.556. The fraction of sp³-hybridized carbons (Fsp3) is 1.00. The molecule has 0 bridgehead atoms. The van der Waals surface area contributed by atoms with E-state index in [0.717, 1.165) is 5.54 Å². The van der Waals surface area contributed by atoms with Gasteiger partial charge in [-0.2, -0.15) is 0 Å². The van der Waals surface area contributed by atoms with Crippen molar-refractivity contribution in [1.82, 2.24) is 0 Å². The van der Waals surface area contributed by atoms with Gasteiger partial charge >= 0.3 is 35.6 Å². The average molecular weight is 317 g/mol. The Labute approximate surface area is 119 Å². The van der Waals surface area contributed by atoms with E-state index in [1.807, 2.05) is 0 Å². The molecule has 1 aliphatic carbocycles. The van der Waals surface area contributed by atoms with Crippen LogP contribution in [-0.4, -0.2) is 13.8 Å². The fourth-order valence-corrected chi connectivity index (χ4v) is 6.32. The van der Waals surface area contributed by atoms with Crippen molar-refractivity contribution in [1.29, 1.82) is 0 Å². The molecule has 96 valence electrons. The second-order valence-electron chi connectivity index (χ2n) is 5.99. The van der Waals surface area contributed by atoms with Gasteiger partial charge in [-0.05, 0) is 0 Å². The molecule has 16 heavy (non-hydrogen) atoms. The molecule has 0 saturated heterocycles. The molecule has 1 saturated carbocycles. The Bertz CT molecular complexity index is 189. The van der Waals surface area contributed by atoms with Gasteiger partial charge in [-0.3, -0.25) is 0 Å². The van der Waals surface area contributed by atoms with Crippen molar-refractivity contribution in [2.75, 3.05) is 0 Å². The van der Waals surface area contributed by atoms with Crippen molar-refractivity contribution in [2.45, 2.75) is 70.6 Å². The third kappa shape index (κ3) is 7.73. The van der Waals surface area contributed by atoms with Crippen molar-refractivity contribution in [3.63, 3.8) is 0 Å². The van der Waals surface area contributed by atoms with E-state index in [2.05, 4.69) is 33.9 Å². The topological polar surface area (TPSA) is 14.1 Å². The summed E-state index contributed by atoms with van der Waals surface area (Å²) in [6.07, 6.45) is 5.78. The van der Waals surface area contributed by atoms with Gasteiger partial charge in [-0.15, -0.1) is 5.54 Å². The first-order valence-corrected chi connectivity index (χ1v) is 13.3. The van der Waals surface area contributed by atoms with Gasteiger partial charge in [0.2, 0.25) is 0 Å². The van der Waals surface area contributed by atoms with E-state index in [4.69, 9.17) is 23.6 Å². The zero-order valence-electron chi connectivity index (χ0n) is 11.1. The van der Waals surface area contributed by atoms with Gasteiger partial charge in [0, 0.05) is 0 Å². The van der Waals surface area contributed by atoms with Crippen molar-refractivity contribution in [2.24, 2.45) is 0 Å². The summed E-state index contributed by atoms with van der Waals surface area (Å²) < 4.78 is 0. The molecule has 0 atom stereocenters. The third-order valence-corrected chi connectivity index (χ3v) is 6.80. The molecule has 0 aliphatic heterocycles. The van der Waals surface area contributed by atoms with Crippen LogP contribution in [0.3, 0.4) is 0 Å². The van der Waals surface area contributed by atoms with Crippen LogP contribution >= 0.6 is 18.6 Å². The van der Waals surface area contributed by atoms with Crippen LogP contribution in [0.5, 0.6) is 0 Å². The molecule has 5 heteroatoms. The van der Waals surface area contributed by atoms with Crippen LogP contribution in [0.25, 0.3) is 4.98 Å². The van der Waals surface area contributed by atoms with Crippen LogP contribution < -0.4 is 0 Å². The number of hydrogen-bond acceptors (Lipinski definition) is 0. The van der Waals surface area contributed by atoms with Gasteiger partial charge in [0.1, 0.15) is 0 Å². The molecular weight excluding hydrogens is 293 g/mol. The predicted molar refractivity (Wildman–Crippen MR) is 74.5 cm³/mol. The molecule has 0 amide bonds. The summed E-state index contributed by atoms with van der Waals surface area (Å²) in [6.45, 7) is 11.6. The number of halogens is 2. The first kappa shape index (κ1) is 17.5. The maximum atomic E-state index is 5.06. The minimum absolute atomic E-state index is 0.179. The van der Waals surface area contributed by atoms with E-state index in [-0.39, 0.29) is 5.54 Å². The van der Waals surface area contributed by atoms with E-state index < -0.39 is 25.3 Å². The molecular formula is C11H24Cl2NSiTi-. The van der Waals surface area contributed by atoms with Crippen LogP contribution in [-0.2, 0) is 17.0 Å². The molecule has 0 aromatic heterocycles. The Kier molecular flexibility index (Phi) is 8.53. The van der Waals surface area contributed by atoms with Gasteiger partial charge in [0.25, 0.3) is 0 Å². The van der Waals surface area contributed by atoms with Crippen LogP contribution in [0.15, 0.2) is 0 Å². The second kappa shape index (κ2) is 7.81. The molecule has 0 unspecified atom stereocenters. The predicted octanol–water partition coefficient (Wildman–Crippen LogP) is 5.68. The summed E-state index contributed by atoms with van der Waals surface area (Å²) in [4.78, 5) is 5.06. The van der Waals surface area contributed by atoms with E-state index in [1.165, 1.54) is 25.7 Å².